The minimum Gasteiger partial charge on any atom is -0.373 e. The highest BCUT2D eigenvalue weighted by Gasteiger charge is 2.02. The lowest BCUT2D eigenvalue weighted by Gasteiger charge is -2.07. The van der Waals surface area contributed by atoms with Crippen LogP contribution in [0.2, 0.25) is 5.02 Å². The summed E-state index contributed by atoms with van der Waals surface area (Å²) < 4.78 is 13.0. The molecule has 1 heterocycles. The standard InChI is InChI=1S/C12H12ClFN4/c1-15-11-5-12(18-7-17-11)16-6-8-2-3-10(14)9(13)4-8/h2-5,7H,6H2,1H3,(H2,15,16,17,18). The molecule has 6 heteroatoms. The van der Waals surface area contributed by atoms with Crippen LogP contribution in [0.25, 0.3) is 0 Å². The van der Waals surface area contributed by atoms with E-state index in [0.29, 0.717) is 12.4 Å². The van der Waals surface area contributed by atoms with Gasteiger partial charge in [0.2, 0.25) is 0 Å². The van der Waals surface area contributed by atoms with Crippen LogP contribution >= 0.6 is 11.6 Å². The van der Waals surface area contributed by atoms with Gasteiger partial charge in [0.1, 0.15) is 23.8 Å². The number of hydrogen-bond acceptors (Lipinski definition) is 4. The minimum absolute atomic E-state index is 0.118. The van der Waals surface area contributed by atoms with Crippen molar-refractivity contribution < 1.29 is 4.39 Å². The third-order valence-electron chi connectivity index (χ3n) is 2.38. The van der Waals surface area contributed by atoms with E-state index in [2.05, 4.69) is 20.6 Å². The fraction of sp³-hybridized carbons (Fsp3) is 0.167. The van der Waals surface area contributed by atoms with Gasteiger partial charge in [-0.25, -0.2) is 14.4 Å². The number of nitrogens with zero attached hydrogens (tertiary/aromatic N) is 2. The zero-order valence-corrected chi connectivity index (χ0v) is 10.5. The number of hydrogen-bond donors (Lipinski definition) is 2. The molecule has 18 heavy (non-hydrogen) atoms. The highest BCUT2D eigenvalue weighted by molar-refractivity contribution is 6.30. The van der Waals surface area contributed by atoms with Gasteiger partial charge >= 0.3 is 0 Å². The van der Waals surface area contributed by atoms with Crippen LogP contribution in [0.5, 0.6) is 0 Å². The molecular formula is C12H12ClFN4. The van der Waals surface area contributed by atoms with Gasteiger partial charge in [0.25, 0.3) is 0 Å². The Morgan fingerprint density at radius 1 is 1.22 bits per heavy atom. The lowest BCUT2D eigenvalue weighted by atomic mass is 10.2. The number of rotatable bonds is 4. The SMILES string of the molecule is CNc1cc(NCc2ccc(F)c(Cl)c2)ncn1. The maximum Gasteiger partial charge on any atom is 0.141 e. The molecular weight excluding hydrogens is 255 g/mol. The van der Waals surface area contributed by atoms with Crippen molar-refractivity contribution in [1.82, 2.24) is 9.97 Å². The Kier molecular flexibility index (Phi) is 3.94. The van der Waals surface area contributed by atoms with E-state index < -0.39 is 5.82 Å². The van der Waals surface area contributed by atoms with E-state index >= 15 is 0 Å². The summed E-state index contributed by atoms with van der Waals surface area (Å²) in [6, 6.07) is 6.39. The number of nitrogens with one attached hydrogen (secondary N) is 2. The molecule has 1 aromatic heterocycles. The number of aromatic nitrogens is 2. The number of halogens is 2. The average Bonchev–Trinajstić information content (AvgIpc) is 2.40. The third kappa shape index (κ3) is 3.07. The van der Waals surface area contributed by atoms with E-state index in [0.717, 1.165) is 11.4 Å². The topological polar surface area (TPSA) is 49.8 Å². The smallest absolute Gasteiger partial charge is 0.141 e. The largest absolute Gasteiger partial charge is 0.373 e. The molecule has 0 saturated heterocycles. The molecule has 1 aromatic carbocycles. The molecule has 0 aliphatic rings. The van der Waals surface area contributed by atoms with Crippen LogP contribution in [0.15, 0.2) is 30.6 Å². The molecule has 0 bridgehead atoms. The quantitative estimate of drug-likeness (QED) is 0.893. The van der Waals surface area contributed by atoms with E-state index in [-0.39, 0.29) is 5.02 Å². The molecule has 2 aromatic rings. The van der Waals surface area contributed by atoms with Crippen molar-refractivity contribution in [3.05, 3.63) is 47.0 Å². The van der Waals surface area contributed by atoms with Gasteiger partial charge in [-0.15, -0.1) is 0 Å². The minimum atomic E-state index is -0.417. The summed E-state index contributed by atoms with van der Waals surface area (Å²) in [6.45, 7) is 0.514. The van der Waals surface area contributed by atoms with E-state index in [1.165, 1.54) is 12.4 Å². The van der Waals surface area contributed by atoms with Crippen molar-refractivity contribution in [1.29, 1.82) is 0 Å². The Bertz CT molecular complexity index is 547. The first-order valence-electron chi connectivity index (χ1n) is 5.36. The molecule has 4 nitrogen and oxygen atoms in total. The summed E-state index contributed by atoms with van der Waals surface area (Å²) in [7, 11) is 1.78. The molecule has 0 saturated carbocycles. The van der Waals surface area contributed by atoms with Crippen molar-refractivity contribution in [2.45, 2.75) is 6.54 Å². The first kappa shape index (κ1) is 12.6. The summed E-state index contributed by atoms with van der Waals surface area (Å²) in [5.41, 5.74) is 0.881. The highest BCUT2D eigenvalue weighted by atomic mass is 35.5. The molecule has 2 N–H and O–H groups in total. The van der Waals surface area contributed by atoms with Crippen LogP contribution in [0, 0.1) is 5.82 Å². The molecule has 0 spiro atoms. The normalized spacial score (nSPS) is 10.2. The Morgan fingerprint density at radius 3 is 2.72 bits per heavy atom. The first-order valence-corrected chi connectivity index (χ1v) is 5.74. The zero-order valence-electron chi connectivity index (χ0n) is 9.74. The van der Waals surface area contributed by atoms with Crippen molar-refractivity contribution in [3.8, 4) is 0 Å². The van der Waals surface area contributed by atoms with Crippen molar-refractivity contribution in [2.24, 2.45) is 0 Å². The summed E-state index contributed by atoms with van der Waals surface area (Å²) >= 11 is 5.70. The molecule has 0 amide bonds. The second-order valence-corrected chi connectivity index (χ2v) is 4.05. The first-order chi connectivity index (χ1) is 8.69. The summed E-state index contributed by atoms with van der Waals surface area (Å²) in [4.78, 5) is 8.08. The van der Waals surface area contributed by atoms with Crippen molar-refractivity contribution >= 4 is 23.2 Å². The Balaban J connectivity index is 2.04. The summed E-state index contributed by atoms with van der Waals surface area (Å²) in [5.74, 6) is 0.999. The zero-order chi connectivity index (χ0) is 13.0. The molecule has 94 valence electrons. The predicted molar refractivity (Wildman–Crippen MR) is 70.3 cm³/mol. The Morgan fingerprint density at radius 2 is 2.00 bits per heavy atom. The van der Waals surface area contributed by atoms with Gasteiger partial charge in [-0.3, -0.25) is 0 Å². The molecule has 0 aliphatic carbocycles. The van der Waals surface area contributed by atoms with Crippen LogP contribution in [-0.4, -0.2) is 17.0 Å². The van der Waals surface area contributed by atoms with Crippen LogP contribution in [0.3, 0.4) is 0 Å². The van der Waals surface area contributed by atoms with Gasteiger partial charge in [0, 0.05) is 19.7 Å². The van der Waals surface area contributed by atoms with E-state index in [4.69, 9.17) is 11.6 Å². The monoisotopic (exact) mass is 266 g/mol. The van der Waals surface area contributed by atoms with Crippen molar-refractivity contribution in [3.63, 3.8) is 0 Å². The second kappa shape index (κ2) is 5.64. The maximum atomic E-state index is 13.0. The summed E-state index contributed by atoms with van der Waals surface area (Å²) in [6.07, 6.45) is 1.46. The lowest BCUT2D eigenvalue weighted by Crippen LogP contribution is -2.03. The van der Waals surface area contributed by atoms with Gasteiger partial charge in [-0.1, -0.05) is 17.7 Å². The Labute approximate surface area is 109 Å². The maximum absolute atomic E-state index is 13.0. The van der Waals surface area contributed by atoms with Crippen molar-refractivity contribution in [2.75, 3.05) is 17.7 Å². The van der Waals surface area contributed by atoms with Crippen LogP contribution in [0.4, 0.5) is 16.0 Å². The summed E-state index contributed by atoms with van der Waals surface area (Å²) in [5, 5.41) is 6.15. The molecule has 0 unspecified atom stereocenters. The van der Waals surface area contributed by atoms with Crippen LogP contribution < -0.4 is 10.6 Å². The van der Waals surface area contributed by atoms with E-state index in [1.807, 2.05) is 0 Å². The number of benzene rings is 1. The van der Waals surface area contributed by atoms with Gasteiger partial charge in [-0.05, 0) is 17.7 Å². The van der Waals surface area contributed by atoms with Gasteiger partial charge in [0.15, 0.2) is 0 Å². The molecule has 2 rings (SSSR count). The number of anilines is 2. The average molecular weight is 267 g/mol. The molecule has 0 fully saturated rings. The highest BCUT2D eigenvalue weighted by Crippen LogP contribution is 2.17. The van der Waals surface area contributed by atoms with Gasteiger partial charge in [0.05, 0.1) is 5.02 Å². The fourth-order valence-corrected chi connectivity index (χ4v) is 1.64. The van der Waals surface area contributed by atoms with Gasteiger partial charge in [-0.2, -0.15) is 0 Å². The predicted octanol–water partition coefficient (Wildman–Crippen LogP) is 2.92. The lowest BCUT2D eigenvalue weighted by molar-refractivity contribution is 0.627. The molecule has 0 aliphatic heterocycles. The third-order valence-corrected chi connectivity index (χ3v) is 2.67. The fourth-order valence-electron chi connectivity index (χ4n) is 1.43. The van der Waals surface area contributed by atoms with E-state index in [1.54, 1.807) is 25.2 Å². The molecule has 0 radical (unpaired) electrons. The van der Waals surface area contributed by atoms with Crippen LogP contribution in [-0.2, 0) is 6.54 Å². The molecule has 0 atom stereocenters. The van der Waals surface area contributed by atoms with Crippen LogP contribution in [0.1, 0.15) is 5.56 Å². The van der Waals surface area contributed by atoms with Gasteiger partial charge < -0.3 is 10.6 Å². The van der Waals surface area contributed by atoms with E-state index in [9.17, 15) is 4.39 Å². The Hall–Kier alpha value is -1.88. The second-order valence-electron chi connectivity index (χ2n) is 3.64.